The molecule has 12 heteroatoms. The van der Waals surface area contributed by atoms with Crippen LogP contribution < -0.4 is 9.64 Å². The summed E-state index contributed by atoms with van der Waals surface area (Å²) in [6.45, 7) is 4.10. The van der Waals surface area contributed by atoms with E-state index in [0.717, 1.165) is 28.8 Å². The van der Waals surface area contributed by atoms with Crippen molar-refractivity contribution in [3.8, 4) is 16.9 Å². The third-order valence-electron chi connectivity index (χ3n) is 7.37. The molecule has 8 nitrogen and oxygen atoms in total. The molecule has 1 aliphatic heterocycles. The zero-order valence-electron chi connectivity index (χ0n) is 23.8. The van der Waals surface area contributed by atoms with Gasteiger partial charge < -0.3 is 14.5 Å². The minimum absolute atomic E-state index is 0.192. The standard InChI is InChI=1S/C31H31F4N5O3/c1-21-28(37-43-36-21)19-38(2)18-24-16-23(22-6-9-26(32)10-7-22)8-11-29(24)42-20-30(41)40-14-12-39(13-15-40)27-5-3-4-25(17-27)31(33,34)35/h3-11,16-17H,12-15,18-20H2,1-2H3. The Kier molecular flexibility index (Phi) is 8.95. The van der Waals surface area contributed by atoms with Gasteiger partial charge in [0.05, 0.1) is 5.56 Å². The summed E-state index contributed by atoms with van der Waals surface area (Å²) < 4.78 is 63.7. The Morgan fingerprint density at radius 2 is 1.67 bits per heavy atom. The van der Waals surface area contributed by atoms with Gasteiger partial charge in [0.1, 0.15) is 23.0 Å². The quantitative estimate of drug-likeness (QED) is 0.234. The van der Waals surface area contributed by atoms with Crippen LogP contribution in [-0.2, 0) is 24.1 Å². The number of rotatable bonds is 9. The van der Waals surface area contributed by atoms with Gasteiger partial charge >= 0.3 is 6.18 Å². The number of hydrogen-bond donors (Lipinski definition) is 0. The summed E-state index contributed by atoms with van der Waals surface area (Å²) in [4.78, 5) is 18.6. The third kappa shape index (κ3) is 7.50. The van der Waals surface area contributed by atoms with Crippen LogP contribution in [0.4, 0.5) is 23.2 Å². The summed E-state index contributed by atoms with van der Waals surface area (Å²) in [5, 5.41) is 7.77. The Morgan fingerprint density at radius 1 is 0.953 bits per heavy atom. The van der Waals surface area contributed by atoms with Crippen LogP contribution in [0.3, 0.4) is 0 Å². The number of aromatic nitrogens is 2. The van der Waals surface area contributed by atoms with Crippen LogP contribution in [0, 0.1) is 12.7 Å². The largest absolute Gasteiger partial charge is 0.483 e. The van der Waals surface area contributed by atoms with Crippen LogP contribution in [0.15, 0.2) is 71.4 Å². The normalized spacial score (nSPS) is 13.9. The maximum atomic E-state index is 13.5. The van der Waals surface area contributed by atoms with Gasteiger partial charge in [0.25, 0.3) is 5.91 Å². The predicted molar refractivity (Wildman–Crippen MR) is 152 cm³/mol. The summed E-state index contributed by atoms with van der Waals surface area (Å²) >= 11 is 0. The number of halogens is 4. The number of ether oxygens (including phenoxy) is 1. The predicted octanol–water partition coefficient (Wildman–Crippen LogP) is 5.56. The highest BCUT2D eigenvalue weighted by Gasteiger charge is 2.31. The van der Waals surface area contributed by atoms with Gasteiger partial charge in [0.2, 0.25) is 0 Å². The number of alkyl halides is 3. The number of anilines is 1. The number of carbonyl (C=O) groups excluding carboxylic acids is 1. The lowest BCUT2D eigenvalue weighted by atomic mass is 10.0. The first kappa shape index (κ1) is 30.0. The third-order valence-corrected chi connectivity index (χ3v) is 7.37. The van der Waals surface area contributed by atoms with E-state index in [-0.39, 0.29) is 18.3 Å². The van der Waals surface area contributed by atoms with Gasteiger partial charge in [-0.2, -0.15) is 13.2 Å². The van der Waals surface area contributed by atoms with Gasteiger partial charge in [-0.1, -0.05) is 34.6 Å². The van der Waals surface area contributed by atoms with Crippen molar-refractivity contribution < 1.29 is 31.7 Å². The summed E-state index contributed by atoms with van der Waals surface area (Å²) in [7, 11) is 1.91. The molecule has 1 aromatic heterocycles. The van der Waals surface area contributed by atoms with Crippen molar-refractivity contribution in [2.75, 3.05) is 44.7 Å². The average Bonchev–Trinajstić information content (AvgIpc) is 3.40. The van der Waals surface area contributed by atoms with E-state index in [2.05, 4.69) is 10.3 Å². The van der Waals surface area contributed by atoms with Gasteiger partial charge in [-0.25, -0.2) is 9.02 Å². The van der Waals surface area contributed by atoms with Gasteiger partial charge in [-0.3, -0.25) is 9.69 Å². The second-order valence-electron chi connectivity index (χ2n) is 10.5. The fraction of sp³-hybridized carbons (Fsp3) is 0.323. The van der Waals surface area contributed by atoms with Crippen LogP contribution >= 0.6 is 0 Å². The van der Waals surface area contributed by atoms with Crippen molar-refractivity contribution in [1.82, 2.24) is 20.1 Å². The number of nitrogens with zero attached hydrogens (tertiary/aromatic N) is 5. The molecule has 226 valence electrons. The molecule has 0 saturated carbocycles. The van der Waals surface area contributed by atoms with Gasteiger partial charge in [0, 0.05) is 50.5 Å². The highest BCUT2D eigenvalue weighted by Crippen LogP contribution is 2.32. The SMILES string of the molecule is Cc1nonc1CN(C)Cc1cc(-c2ccc(F)cc2)ccc1OCC(=O)N1CCN(c2cccc(C(F)(F)F)c2)CC1. The van der Waals surface area contributed by atoms with Gasteiger partial charge in [0.15, 0.2) is 6.61 Å². The van der Waals surface area contributed by atoms with Gasteiger partial charge in [-0.05, 0) is 67.6 Å². The molecule has 43 heavy (non-hydrogen) atoms. The van der Waals surface area contributed by atoms with Crippen molar-refractivity contribution >= 4 is 11.6 Å². The highest BCUT2D eigenvalue weighted by atomic mass is 19.4. The lowest BCUT2D eigenvalue weighted by Gasteiger charge is -2.36. The second kappa shape index (κ2) is 12.8. The molecular formula is C31H31F4N5O3. The fourth-order valence-corrected chi connectivity index (χ4v) is 4.98. The van der Waals surface area contributed by atoms with E-state index in [1.807, 2.05) is 35.9 Å². The molecule has 0 unspecified atom stereocenters. The molecule has 0 bridgehead atoms. The Hall–Kier alpha value is -4.45. The van der Waals surface area contributed by atoms with Crippen LogP contribution in [-0.4, -0.2) is 65.9 Å². The van der Waals surface area contributed by atoms with Crippen molar-refractivity contribution in [1.29, 1.82) is 0 Å². The van der Waals surface area contributed by atoms with E-state index in [0.29, 0.717) is 62.1 Å². The monoisotopic (exact) mass is 597 g/mol. The van der Waals surface area contributed by atoms with E-state index in [9.17, 15) is 22.4 Å². The molecule has 0 atom stereocenters. The number of carbonyl (C=O) groups is 1. The summed E-state index contributed by atoms with van der Waals surface area (Å²) in [5.41, 5.74) is 3.71. The molecule has 1 aliphatic rings. The zero-order valence-corrected chi connectivity index (χ0v) is 23.8. The Labute approximate surface area is 246 Å². The Balaban J connectivity index is 1.24. The molecule has 1 fully saturated rings. The first-order chi connectivity index (χ1) is 20.6. The van der Waals surface area contributed by atoms with E-state index in [1.54, 1.807) is 29.2 Å². The van der Waals surface area contributed by atoms with E-state index < -0.39 is 11.7 Å². The molecule has 0 aliphatic carbocycles. The Morgan fingerprint density at radius 3 is 2.35 bits per heavy atom. The van der Waals surface area contributed by atoms with Crippen molar-refractivity contribution in [3.05, 3.63) is 95.1 Å². The molecular weight excluding hydrogens is 566 g/mol. The number of hydrogen-bond acceptors (Lipinski definition) is 7. The Bertz CT molecular complexity index is 1550. The molecule has 5 rings (SSSR count). The molecule has 0 radical (unpaired) electrons. The minimum Gasteiger partial charge on any atom is -0.483 e. The number of benzene rings is 3. The summed E-state index contributed by atoms with van der Waals surface area (Å²) in [6.07, 6.45) is -4.41. The van der Waals surface area contributed by atoms with Crippen LogP contribution in [0.1, 0.15) is 22.5 Å². The van der Waals surface area contributed by atoms with E-state index in [1.165, 1.54) is 18.2 Å². The van der Waals surface area contributed by atoms with Gasteiger partial charge in [-0.15, -0.1) is 0 Å². The second-order valence-corrected chi connectivity index (χ2v) is 10.5. The van der Waals surface area contributed by atoms with Crippen LogP contribution in [0.2, 0.25) is 0 Å². The minimum atomic E-state index is -4.41. The van der Waals surface area contributed by atoms with E-state index >= 15 is 0 Å². The fourth-order valence-electron chi connectivity index (χ4n) is 4.98. The first-order valence-electron chi connectivity index (χ1n) is 13.7. The lowest BCUT2D eigenvalue weighted by Crippen LogP contribution is -2.50. The topological polar surface area (TPSA) is 74.9 Å². The maximum absolute atomic E-state index is 13.5. The summed E-state index contributed by atoms with van der Waals surface area (Å²) in [6, 6.07) is 17.0. The summed E-state index contributed by atoms with van der Waals surface area (Å²) in [5.74, 6) is -0.00649. The highest BCUT2D eigenvalue weighted by molar-refractivity contribution is 5.78. The number of aryl methyl sites for hydroxylation is 1. The zero-order chi connectivity index (χ0) is 30.6. The van der Waals surface area contributed by atoms with Crippen molar-refractivity contribution in [2.24, 2.45) is 0 Å². The van der Waals surface area contributed by atoms with Crippen LogP contribution in [0.5, 0.6) is 5.75 Å². The molecule has 3 aromatic carbocycles. The number of amides is 1. The van der Waals surface area contributed by atoms with E-state index in [4.69, 9.17) is 9.37 Å². The maximum Gasteiger partial charge on any atom is 0.416 e. The van der Waals surface area contributed by atoms with Crippen LogP contribution in [0.25, 0.3) is 11.1 Å². The number of piperazine rings is 1. The molecule has 1 amide bonds. The average molecular weight is 598 g/mol. The smallest absolute Gasteiger partial charge is 0.416 e. The molecule has 0 spiro atoms. The lowest BCUT2D eigenvalue weighted by molar-refractivity contribution is -0.137. The van der Waals surface area contributed by atoms with Crippen molar-refractivity contribution in [2.45, 2.75) is 26.2 Å². The molecule has 1 saturated heterocycles. The van der Waals surface area contributed by atoms with Crippen molar-refractivity contribution in [3.63, 3.8) is 0 Å². The molecule has 0 N–H and O–H groups in total. The molecule has 4 aromatic rings. The molecule has 2 heterocycles. The first-order valence-corrected chi connectivity index (χ1v) is 13.7.